The van der Waals surface area contributed by atoms with Crippen LogP contribution < -0.4 is 5.32 Å². The van der Waals surface area contributed by atoms with Gasteiger partial charge in [-0.3, -0.25) is 0 Å². The molecule has 0 amide bonds. The van der Waals surface area contributed by atoms with Crippen LogP contribution in [0.3, 0.4) is 0 Å². The van der Waals surface area contributed by atoms with Crippen molar-refractivity contribution in [2.45, 2.75) is 26.7 Å². The van der Waals surface area contributed by atoms with Gasteiger partial charge in [0.15, 0.2) is 0 Å². The summed E-state index contributed by atoms with van der Waals surface area (Å²) in [6.45, 7) is 6.41. The van der Waals surface area contributed by atoms with Gasteiger partial charge in [-0.05, 0) is 37.8 Å². The van der Waals surface area contributed by atoms with E-state index < -0.39 is 0 Å². The summed E-state index contributed by atoms with van der Waals surface area (Å²) in [5.41, 5.74) is 2.68. The van der Waals surface area contributed by atoms with Crippen LogP contribution in [0.5, 0.6) is 0 Å². The topological polar surface area (TPSA) is 32.3 Å². The van der Waals surface area contributed by atoms with E-state index in [-0.39, 0.29) is 6.61 Å². The van der Waals surface area contributed by atoms with Gasteiger partial charge in [0, 0.05) is 13.2 Å². The third kappa shape index (κ3) is 4.77. The third-order valence-corrected chi connectivity index (χ3v) is 2.98. The Morgan fingerprint density at radius 3 is 2.50 bits per heavy atom. The minimum absolute atomic E-state index is 0.286. The number of aliphatic hydroxyl groups excluding tert-OH is 1. The van der Waals surface area contributed by atoms with Crippen molar-refractivity contribution in [1.29, 1.82) is 0 Å². The van der Waals surface area contributed by atoms with Crippen LogP contribution in [-0.2, 0) is 6.42 Å². The number of hydrogen-bond acceptors (Lipinski definition) is 2. The summed E-state index contributed by atoms with van der Waals surface area (Å²) in [6.07, 6.45) is 2.09. The van der Waals surface area contributed by atoms with Crippen molar-refractivity contribution in [2.24, 2.45) is 5.92 Å². The third-order valence-electron chi connectivity index (χ3n) is 2.98. The summed E-state index contributed by atoms with van der Waals surface area (Å²) in [4.78, 5) is 0. The van der Waals surface area contributed by atoms with Crippen molar-refractivity contribution in [3.05, 3.63) is 35.4 Å². The average molecular weight is 221 g/mol. The summed E-state index contributed by atoms with van der Waals surface area (Å²) in [5.74, 6) is 0.401. The largest absolute Gasteiger partial charge is 0.396 e. The first-order valence-corrected chi connectivity index (χ1v) is 6.13. The van der Waals surface area contributed by atoms with E-state index in [1.807, 2.05) is 0 Å². The standard InChI is InChI=1S/C14H23NO/c1-3-13(11-16)10-15-9-8-14-6-4-12(2)5-7-14/h4-7,13,15-16H,3,8-11H2,1-2H3. The molecule has 1 aromatic rings. The van der Waals surface area contributed by atoms with Gasteiger partial charge in [0.1, 0.15) is 0 Å². The molecule has 0 saturated heterocycles. The molecule has 0 aliphatic carbocycles. The quantitative estimate of drug-likeness (QED) is 0.691. The minimum atomic E-state index is 0.286. The van der Waals surface area contributed by atoms with E-state index in [9.17, 15) is 0 Å². The van der Waals surface area contributed by atoms with Crippen molar-refractivity contribution in [3.63, 3.8) is 0 Å². The average Bonchev–Trinajstić information content (AvgIpc) is 2.32. The number of hydrogen-bond donors (Lipinski definition) is 2. The molecule has 2 nitrogen and oxygen atoms in total. The summed E-state index contributed by atoms with van der Waals surface area (Å²) in [6, 6.07) is 8.66. The molecule has 1 atom stereocenters. The van der Waals surface area contributed by atoms with Gasteiger partial charge in [-0.25, -0.2) is 0 Å². The van der Waals surface area contributed by atoms with Gasteiger partial charge in [0.05, 0.1) is 0 Å². The molecule has 0 bridgehead atoms. The zero-order chi connectivity index (χ0) is 11.8. The molecular formula is C14H23NO. The minimum Gasteiger partial charge on any atom is -0.396 e. The number of nitrogens with one attached hydrogen (secondary N) is 1. The molecule has 16 heavy (non-hydrogen) atoms. The van der Waals surface area contributed by atoms with Crippen molar-refractivity contribution >= 4 is 0 Å². The lowest BCUT2D eigenvalue weighted by atomic mass is 10.1. The van der Waals surface area contributed by atoms with Crippen molar-refractivity contribution in [3.8, 4) is 0 Å². The van der Waals surface area contributed by atoms with Gasteiger partial charge in [0.2, 0.25) is 0 Å². The zero-order valence-electron chi connectivity index (χ0n) is 10.4. The van der Waals surface area contributed by atoms with Gasteiger partial charge in [-0.1, -0.05) is 36.8 Å². The van der Waals surface area contributed by atoms with Crippen molar-refractivity contribution < 1.29 is 5.11 Å². The van der Waals surface area contributed by atoms with E-state index in [4.69, 9.17) is 5.11 Å². The van der Waals surface area contributed by atoms with Crippen LogP contribution in [0.1, 0.15) is 24.5 Å². The first-order chi connectivity index (χ1) is 7.76. The van der Waals surface area contributed by atoms with Gasteiger partial charge < -0.3 is 10.4 Å². The molecule has 1 aromatic carbocycles. The Morgan fingerprint density at radius 2 is 1.94 bits per heavy atom. The highest BCUT2D eigenvalue weighted by Gasteiger charge is 2.02. The Balaban J connectivity index is 2.18. The predicted molar refractivity (Wildman–Crippen MR) is 68.6 cm³/mol. The summed E-state index contributed by atoms with van der Waals surface area (Å²) < 4.78 is 0. The summed E-state index contributed by atoms with van der Waals surface area (Å²) in [5, 5.41) is 12.4. The molecule has 0 aromatic heterocycles. The summed E-state index contributed by atoms with van der Waals surface area (Å²) >= 11 is 0. The van der Waals surface area contributed by atoms with E-state index in [0.717, 1.165) is 25.9 Å². The fourth-order valence-corrected chi connectivity index (χ4v) is 1.63. The second-order valence-electron chi connectivity index (χ2n) is 4.40. The highest BCUT2D eigenvalue weighted by Crippen LogP contribution is 2.03. The van der Waals surface area contributed by atoms with Gasteiger partial charge in [-0.2, -0.15) is 0 Å². The molecule has 1 unspecified atom stereocenters. The smallest absolute Gasteiger partial charge is 0.0471 e. The van der Waals surface area contributed by atoms with E-state index in [1.165, 1.54) is 11.1 Å². The van der Waals surface area contributed by atoms with Crippen LogP contribution in [-0.4, -0.2) is 24.8 Å². The van der Waals surface area contributed by atoms with E-state index in [0.29, 0.717) is 5.92 Å². The van der Waals surface area contributed by atoms with E-state index >= 15 is 0 Å². The van der Waals surface area contributed by atoms with Crippen LogP contribution in [0.4, 0.5) is 0 Å². The van der Waals surface area contributed by atoms with Crippen LogP contribution in [0.2, 0.25) is 0 Å². The zero-order valence-corrected chi connectivity index (χ0v) is 10.4. The van der Waals surface area contributed by atoms with Gasteiger partial charge >= 0.3 is 0 Å². The predicted octanol–water partition coefficient (Wildman–Crippen LogP) is 2.15. The van der Waals surface area contributed by atoms with Crippen LogP contribution >= 0.6 is 0 Å². The van der Waals surface area contributed by atoms with Crippen LogP contribution in [0, 0.1) is 12.8 Å². The molecule has 0 fully saturated rings. The maximum Gasteiger partial charge on any atom is 0.0471 e. The second kappa shape index (κ2) is 7.42. The Morgan fingerprint density at radius 1 is 1.25 bits per heavy atom. The second-order valence-corrected chi connectivity index (χ2v) is 4.40. The molecule has 0 aliphatic rings. The van der Waals surface area contributed by atoms with Gasteiger partial charge in [-0.15, -0.1) is 0 Å². The molecule has 0 aliphatic heterocycles. The number of aliphatic hydroxyl groups is 1. The van der Waals surface area contributed by atoms with Crippen molar-refractivity contribution in [1.82, 2.24) is 5.32 Å². The fraction of sp³-hybridized carbons (Fsp3) is 0.571. The highest BCUT2D eigenvalue weighted by molar-refractivity contribution is 5.21. The maximum absolute atomic E-state index is 9.03. The molecule has 0 saturated carbocycles. The first-order valence-electron chi connectivity index (χ1n) is 6.13. The lowest BCUT2D eigenvalue weighted by molar-refractivity contribution is 0.219. The lowest BCUT2D eigenvalue weighted by Gasteiger charge is -2.12. The highest BCUT2D eigenvalue weighted by atomic mass is 16.3. The first kappa shape index (κ1) is 13.2. The molecule has 90 valence electrons. The number of aryl methyl sites for hydroxylation is 1. The molecule has 0 radical (unpaired) electrons. The lowest BCUT2D eigenvalue weighted by Crippen LogP contribution is -2.26. The Kier molecular flexibility index (Phi) is 6.12. The molecular weight excluding hydrogens is 198 g/mol. The van der Waals surface area contributed by atoms with Crippen LogP contribution in [0.15, 0.2) is 24.3 Å². The normalized spacial score (nSPS) is 12.7. The van der Waals surface area contributed by atoms with Crippen molar-refractivity contribution in [2.75, 3.05) is 19.7 Å². The molecule has 1 rings (SSSR count). The molecule has 2 N–H and O–H groups in total. The Labute approximate surface area is 98.7 Å². The molecule has 2 heteroatoms. The molecule has 0 heterocycles. The Hall–Kier alpha value is -0.860. The summed E-state index contributed by atoms with van der Waals surface area (Å²) in [7, 11) is 0. The SMILES string of the molecule is CCC(CO)CNCCc1ccc(C)cc1. The maximum atomic E-state index is 9.03. The van der Waals surface area contributed by atoms with E-state index in [1.54, 1.807) is 0 Å². The fourth-order valence-electron chi connectivity index (χ4n) is 1.63. The van der Waals surface area contributed by atoms with E-state index in [2.05, 4.69) is 43.4 Å². The monoisotopic (exact) mass is 221 g/mol. The van der Waals surface area contributed by atoms with Gasteiger partial charge in [0.25, 0.3) is 0 Å². The number of benzene rings is 1. The Bertz CT molecular complexity index is 277. The van der Waals surface area contributed by atoms with Crippen LogP contribution in [0.25, 0.3) is 0 Å². The molecule has 0 spiro atoms. The number of rotatable bonds is 7.